The number of fused-ring (bicyclic) bond motifs is 2. The molecule has 3 aromatic rings. The monoisotopic (exact) mass is 319 g/mol. The largest absolute Gasteiger partial charge is 0.289 e. The summed E-state index contributed by atoms with van der Waals surface area (Å²) in [7, 11) is -0.594. The smallest absolute Gasteiger partial charge is 0.242 e. The number of benzene rings is 2. The minimum absolute atomic E-state index is 0.129. The molecule has 108 valence electrons. The third-order valence-electron chi connectivity index (χ3n) is 3.33. The summed E-state index contributed by atoms with van der Waals surface area (Å²) in [5.74, 6) is 0. The predicted octanol–water partition coefficient (Wildman–Crippen LogP) is 2.67. The Bertz CT molecular complexity index is 1000. The molecule has 0 spiro atoms. The molecule has 1 heterocycles. The fraction of sp³-hybridized carbons (Fsp3) is 0.133. The van der Waals surface area contributed by atoms with Crippen molar-refractivity contribution < 1.29 is 8.42 Å². The van der Waals surface area contributed by atoms with Gasteiger partial charge in [0.2, 0.25) is 10.0 Å². The van der Waals surface area contributed by atoms with Gasteiger partial charge in [-0.05, 0) is 30.3 Å². The predicted molar refractivity (Wildman–Crippen MR) is 86.5 cm³/mol. The summed E-state index contributed by atoms with van der Waals surface area (Å²) in [6.45, 7) is 0. The van der Waals surface area contributed by atoms with Gasteiger partial charge in [-0.3, -0.25) is 4.79 Å². The van der Waals surface area contributed by atoms with Gasteiger partial charge >= 0.3 is 0 Å². The summed E-state index contributed by atoms with van der Waals surface area (Å²) >= 11 is 1.48. The maximum Gasteiger partial charge on any atom is 0.242 e. The van der Waals surface area contributed by atoms with E-state index >= 15 is 0 Å². The molecule has 0 fully saturated rings. The van der Waals surface area contributed by atoms with Gasteiger partial charge in [0.05, 0.1) is 4.90 Å². The molecular weight excluding hydrogens is 306 g/mol. The van der Waals surface area contributed by atoms with Crippen LogP contribution in [0.1, 0.15) is 0 Å². The van der Waals surface area contributed by atoms with Crippen molar-refractivity contribution in [1.29, 1.82) is 0 Å². The molecule has 0 radical (unpaired) electrons. The van der Waals surface area contributed by atoms with Crippen LogP contribution in [0.4, 0.5) is 0 Å². The summed E-state index contributed by atoms with van der Waals surface area (Å²) in [5, 5.41) is 1.07. The zero-order valence-electron chi connectivity index (χ0n) is 11.5. The van der Waals surface area contributed by atoms with Crippen molar-refractivity contribution in [2.24, 2.45) is 0 Å². The Hall–Kier alpha value is -1.76. The molecule has 0 saturated carbocycles. The lowest BCUT2D eigenvalue weighted by molar-refractivity contribution is 0.521. The summed E-state index contributed by atoms with van der Waals surface area (Å²) in [6.07, 6.45) is 0. The molecule has 3 rings (SSSR count). The second-order valence-corrected chi connectivity index (χ2v) is 8.11. The maximum absolute atomic E-state index is 12.5. The first-order chi connectivity index (χ1) is 9.91. The van der Waals surface area contributed by atoms with Gasteiger partial charge in [-0.15, -0.1) is 11.3 Å². The molecule has 0 N–H and O–H groups in total. The van der Waals surface area contributed by atoms with Crippen molar-refractivity contribution >= 4 is 41.5 Å². The average Bonchev–Trinajstić information content (AvgIpc) is 2.47. The lowest BCUT2D eigenvalue weighted by atomic mass is 10.2. The Kier molecular flexibility index (Phi) is 3.32. The van der Waals surface area contributed by atoms with E-state index in [0.717, 1.165) is 13.7 Å². The minimum Gasteiger partial charge on any atom is -0.289 e. The van der Waals surface area contributed by atoms with Crippen molar-refractivity contribution in [2.75, 3.05) is 14.1 Å². The molecule has 6 heteroatoms. The normalized spacial score (nSPS) is 12.3. The first kappa shape index (κ1) is 14.2. The van der Waals surface area contributed by atoms with Gasteiger partial charge in [-0.2, -0.15) is 0 Å². The summed E-state index contributed by atoms with van der Waals surface area (Å²) in [6, 6.07) is 12.1. The highest BCUT2D eigenvalue weighted by Crippen LogP contribution is 2.26. The van der Waals surface area contributed by atoms with Gasteiger partial charge in [-0.1, -0.05) is 12.1 Å². The number of sulfonamides is 1. The Labute approximate surface area is 126 Å². The fourth-order valence-electron chi connectivity index (χ4n) is 2.15. The van der Waals surface area contributed by atoms with Crippen molar-refractivity contribution in [1.82, 2.24) is 4.31 Å². The zero-order chi connectivity index (χ0) is 15.2. The third kappa shape index (κ3) is 2.25. The SMILES string of the molecule is CN(C)S(=O)(=O)c1ccc2sc3ccccc3c(=O)c2c1. The lowest BCUT2D eigenvalue weighted by Gasteiger charge is -2.11. The molecule has 2 aromatic carbocycles. The summed E-state index contributed by atoms with van der Waals surface area (Å²) in [5.41, 5.74) is -0.129. The highest BCUT2D eigenvalue weighted by atomic mass is 32.2. The molecule has 0 atom stereocenters. The van der Waals surface area contributed by atoms with Crippen LogP contribution in [0.2, 0.25) is 0 Å². The van der Waals surface area contributed by atoms with E-state index in [1.807, 2.05) is 18.2 Å². The number of hydrogen-bond acceptors (Lipinski definition) is 4. The van der Waals surface area contributed by atoms with Crippen molar-refractivity contribution in [2.45, 2.75) is 4.90 Å². The zero-order valence-corrected chi connectivity index (χ0v) is 13.2. The maximum atomic E-state index is 12.5. The first-order valence-corrected chi connectivity index (χ1v) is 8.55. The van der Waals surface area contributed by atoms with E-state index in [1.54, 1.807) is 18.2 Å². The minimum atomic E-state index is -3.54. The van der Waals surface area contributed by atoms with Crippen LogP contribution in [0.15, 0.2) is 52.2 Å². The highest BCUT2D eigenvalue weighted by Gasteiger charge is 2.18. The van der Waals surface area contributed by atoms with Crippen LogP contribution in [0.5, 0.6) is 0 Å². The van der Waals surface area contributed by atoms with Crippen molar-refractivity contribution in [3.8, 4) is 0 Å². The van der Waals surface area contributed by atoms with Gasteiger partial charge in [0.15, 0.2) is 5.43 Å². The van der Waals surface area contributed by atoms with Crippen LogP contribution in [0, 0.1) is 0 Å². The van der Waals surface area contributed by atoms with Crippen LogP contribution in [-0.4, -0.2) is 26.8 Å². The van der Waals surface area contributed by atoms with Crippen LogP contribution in [0.25, 0.3) is 20.2 Å². The second-order valence-electron chi connectivity index (χ2n) is 4.87. The molecule has 21 heavy (non-hydrogen) atoms. The summed E-state index contributed by atoms with van der Waals surface area (Å²) in [4.78, 5) is 12.7. The van der Waals surface area contributed by atoms with Crippen molar-refractivity contribution in [3.05, 3.63) is 52.7 Å². The van der Waals surface area contributed by atoms with Gasteiger partial charge in [-0.25, -0.2) is 12.7 Å². The molecule has 1 aromatic heterocycles. The van der Waals surface area contributed by atoms with Crippen molar-refractivity contribution in [3.63, 3.8) is 0 Å². The van der Waals surface area contributed by atoms with Crippen LogP contribution in [0.3, 0.4) is 0 Å². The molecule has 0 aliphatic carbocycles. The molecule has 0 saturated heterocycles. The molecule has 0 unspecified atom stereocenters. The van der Waals surface area contributed by atoms with E-state index in [-0.39, 0.29) is 10.3 Å². The van der Waals surface area contributed by atoms with Gasteiger partial charge in [0.1, 0.15) is 0 Å². The molecule has 0 bridgehead atoms. The number of nitrogens with zero attached hydrogens (tertiary/aromatic N) is 1. The average molecular weight is 319 g/mol. The van der Waals surface area contributed by atoms with E-state index in [0.29, 0.717) is 10.8 Å². The molecular formula is C15H13NO3S2. The molecule has 0 amide bonds. The van der Waals surface area contributed by atoms with Gasteiger partial charge in [0, 0.05) is 34.3 Å². The van der Waals surface area contributed by atoms with E-state index in [9.17, 15) is 13.2 Å². The molecule has 0 aliphatic heterocycles. The number of rotatable bonds is 2. The Morgan fingerprint density at radius 2 is 1.62 bits per heavy atom. The summed E-state index contributed by atoms with van der Waals surface area (Å²) < 4.78 is 27.2. The molecule has 4 nitrogen and oxygen atoms in total. The quantitative estimate of drug-likeness (QED) is 0.682. The lowest BCUT2D eigenvalue weighted by Crippen LogP contribution is -2.22. The highest BCUT2D eigenvalue weighted by molar-refractivity contribution is 7.89. The fourth-order valence-corrected chi connectivity index (χ4v) is 4.13. The third-order valence-corrected chi connectivity index (χ3v) is 6.29. The number of hydrogen-bond donors (Lipinski definition) is 0. The van der Waals surface area contributed by atoms with Gasteiger partial charge in [0.25, 0.3) is 0 Å². The van der Waals surface area contributed by atoms with E-state index in [1.165, 1.54) is 31.5 Å². The van der Waals surface area contributed by atoms with Crippen LogP contribution in [-0.2, 0) is 10.0 Å². The van der Waals surface area contributed by atoms with E-state index < -0.39 is 10.0 Å². The molecule has 0 aliphatic rings. The second kappa shape index (κ2) is 4.91. The Balaban J connectivity index is 2.40. The first-order valence-electron chi connectivity index (χ1n) is 6.29. The van der Waals surface area contributed by atoms with E-state index in [4.69, 9.17) is 0 Å². The van der Waals surface area contributed by atoms with Crippen LogP contribution >= 0.6 is 11.3 Å². The Morgan fingerprint density at radius 1 is 0.952 bits per heavy atom. The van der Waals surface area contributed by atoms with Crippen LogP contribution < -0.4 is 5.43 Å². The van der Waals surface area contributed by atoms with E-state index in [2.05, 4.69) is 0 Å². The van der Waals surface area contributed by atoms with Gasteiger partial charge < -0.3 is 0 Å². The topological polar surface area (TPSA) is 54.5 Å². The standard InChI is InChI=1S/C15H13NO3S2/c1-16(2)21(18,19)10-7-8-14-12(9-10)15(17)11-5-3-4-6-13(11)20-14/h3-9H,1-2H3. The Morgan fingerprint density at radius 3 is 2.33 bits per heavy atom.